The summed E-state index contributed by atoms with van der Waals surface area (Å²) in [5, 5.41) is 9.49. The van der Waals surface area contributed by atoms with E-state index in [1.54, 1.807) is 0 Å². The van der Waals surface area contributed by atoms with Gasteiger partial charge < -0.3 is 5.32 Å². The molecule has 0 bridgehead atoms. The predicted molar refractivity (Wildman–Crippen MR) is 54.3 cm³/mol. The van der Waals surface area contributed by atoms with Crippen molar-refractivity contribution in [2.45, 2.75) is 5.51 Å². The maximum atomic E-state index is 11.7. The smallest absolute Gasteiger partial charge is 0.359 e. The van der Waals surface area contributed by atoms with Crippen LogP contribution in [0.1, 0.15) is 0 Å². The minimum Gasteiger partial charge on any atom is -0.359 e. The molecule has 0 radical (unpaired) electrons. The summed E-state index contributed by atoms with van der Waals surface area (Å²) in [7, 11) is 0. The average Bonchev–Trinajstić information content (AvgIpc) is 2.44. The molecule has 0 amide bonds. The van der Waals surface area contributed by atoms with Gasteiger partial charge in [-0.2, -0.15) is 13.2 Å². The van der Waals surface area contributed by atoms with Gasteiger partial charge in [0, 0.05) is 12.3 Å². The number of rotatable bonds is 4. The molecule has 0 aliphatic rings. The second-order valence-electron chi connectivity index (χ2n) is 2.14. The lowest BCUT2D eigenvalue weighted by Gasteiger charge is -2.04. The number of H-pyrrole nitrogens is 1. The van der Waals surface area contributed by atoms with Gasteiger partial charge in [0.15, 0.2) is 3.95 Å². The highest BCUT2D eigenvalue weighted by Crippen LogP contribution is 2.29. The third kappa shape index (κ3) is 4.82. The van der Waals surface area contributed by atoms with Gasteiger partial charge in [-0.3, -0.25) is 5.10 Å². The molecule has 0 atom stereocenters. The average molecular weight is 261 g/mol. The molecule has 2 N–H and O–H groups in total. The first-order valence-electron chi connectivity index (χ1n) is 3.47. The molecule has 1 aromatic rings. The van der Waals surface area contributed by atoms with E-state index < -0.39 is 5.51 Å². The van der Waals surface area contributed by atoms with Crippen molar-refractivity contribution >= 4 is 40.4 Å². The van der Waals surface area contributed by atoms with Crippen molar-refractivity contribution in [2.24, 2.45) is 0 Å². The van der Waals surface area contributed by atoms with Crippen molar-refractivity contribution in [1.82, 2.24) is 10.2 Å². The van der Waals surface area contributed by atoms with Crippen molar-refractivity contribution in [2.75, 3.05) is 17.6 Å². The number of hydrogen-bond acceptors (Lipinski definition) is 5. The number of aromatic amines is 1. The van der Waals surface area contributed by atoms with Crippen LogP contribution in [0.25, 0.3) is 0 Å². The fourth-order valence-electron chi connectivity index (χ4n) is 0.630. The first kappa shape index (κ1) is 11.8. The molecule has 0 spiro atoms. The molecule has 1 heterocycles. The van der Waals surface area contributed by atoms with Gasteiger partial charge in [0.2, 0.25) is 5.13 Å². The molecule has 0 unspecified atom stereocenters. The lowest BCUT2D eigenvalue weighted by molar-refractivity contribution is -0.0327. The zero-order valence-electron chi connectivity index (χ0n) is 6.72. The Morgan fingerprint density at radius 2 is 2.29 bits per heavy atom. The van der Waals surface area contributed by atoms with Crippen LogP contribution in [-0.2, 0) is 0 Å². The Balaban J connectivity index is 2.19. The third-order valence-corrected chi connectivity index (χ3v) is 2.86. The van der Waals surface area contributed by atoms with Crippen LogP contribution >= 0.6 is 35.3 Å². The Bertz CT molecular complexity index is 331. The van der Waals surface area contributed by atoms with Crippen LogP contribution in [-0.4, -0.2) is 28.0 Å². The van der Waals surface area contributed by atoms with Crippen LogP contribution in [0.2, 0.25) is 0 Å². The van der Waals surface area contributed by atoms with Crippen LogP contribution in [0.3, 0.4) is 0 Å². The monoisotopic (exact) mass is 261 g/mol. The molecule has 80 valence electrons. The van der Waals surface area contributed by atoms with Gasteiger partial charge >= 0.3 is 5.51 Å². The van der Waals surface area contributed by atoms with E-state index in [9.17, 15) is 13.2 Å². The Morgan fingerprint density at radius 3 is 2.79 bits per heavy atom. The van der Waals surface area contributed by atoms with E-state index in [4.69, 9.17) is 12.2 Å². The van der Waals surface area contributed by atoms with E-state index >= 15 is 0 Å². The van der Waals surface area contributed by atoms with E-state index in [0.29, 0.717) is 9.09 Å². The van der Waals surface area contributed by atoms with Crippen molar-refractivity contribution < 1.29 is 13.2 Å². The quantitative estimate of drug-likeness (QED) is 0.646. The predicted octanol–water partition coefficient (Wildman–Crippen LogP) is 2.87. The number of alkyl halides is 3. The van der Waals surface area contributed by atoms with E-state index in [0.717, 1.165) is 0 Å². The summed E-state index contributed by atoms with van der Waals surface area (Å²) in [5.74, 6) is -0.0458. The summed E-state index contributed by atoms with van der Waals surface area (Å²) in [5.41, 5.74) is -4.17. The second-order valence-corrected chi connectivity index (χ2v) is 4.96. The number of thioether (sulfide) groups is 1. The normalized spacial score (nSPS) is 11.6. The van der Waals surface area contributed by atoms with Gasteiger partial charge in [0.05, 0.1) is 0 Å². The number of hydrogen-bond donors (Lipinski definition) is 2. The first-order valence-corrected chi connectivity index (χ1v) is 5.68. The fourth-order valence-corrected chi connectivity index (χ4v) is 1.88. The first-order chi connectivity index (χ1) is 6.47. The molecule has 1 aromatic heterocycles. The minimum absolute atomic E-state index is 0.0458. The Kier molecular flexibility index (Phi) is 4.20. The van der Waals surface area contributed by atoms with Crippen molar-refractivity contribution in [1.29, 1.82) is 0 Å². The van der Waals surface area contributed by atoms with Crippen molar-refractivity contribution in [3.05, 3.63) is 3.95 Å². The van der Waals surface area contributed by atoms with Crippen LogP contribution in [0.4, 0.5) is 18.3 Å². The Morgan fingerprint density at radius 1 is 1.57 bits per heavy atom. The van der Waals surface area contributed by atoms with Gasteiger partial charge in [-0.25, -0.2) is 0 Å². The summed E-state index contributed by atoms with van der Waals surface area (Å²) in [6.45, 7) is 0.209. The molecule has 3 nitrogen and oxygen atoms in total. The van der Waals surface area contributed by atoms with Crippen LogP contribution in [0.15, 0.2) is 0 Å². The number of anilines is 1. The molecule has 0 saturated heterocycles. The van der Waals surface area contributed by atoms with Crippen LogP contribution in [0.5, 0.6) is 0 Å². The summed E-state index contributed by atoms with van der Waals surface area (Å²) in [6, 6.07) is 0. The fraction of sp³-hybridized carbons (Fsp3) is 0.600. The second kappa shape index (κ2) is 4.99. The number of nitrogens with one attached hydrogen (secondary N) is 2. The summed E-state index contributed by atoms with van der Waals surface area (Å²) in [4.78, 5) is 0. The van der Waals surface area contributed by atoms with E-state index in [-0.39, 0.29) is 24.1 Å². The molecule has 0 fully saturated rings. The van der Waals surface area contributed by atoms with Crippen molar-refractivity contribution in [3.63, 3.8) is 0 Å². The van der Waals surface area contributed by atoms with Crippen molar-refractivity contribution in [3.8, 4) is 0 Å². The highest BCUT2D eigenvalue weighted by Gasteiger charge is 2.27. The topological polar surface area (TPSA) is 40.7 Å². The summed E-state index contributed by atoms with van der Waals surface area (Å²) < 4.78 is 35.6. The highest BCUT2D eigenvalue weighted by molar-refractivity contribution is 8.00. The van der Waals surface area contributed by atoms with Crippen LogP contribution < -0.4 is 5.32 Å². The maximum absolute atomic E-state index is 11.7. The molecular formula is C5H6F3N3S3. The molecular weight excluding hydrogens is 255 g/mol. The number of aromatic nitrogens is 2. The molecule has 1 rings (SSSR count). The van der Waals surface area contributed by atoms with Gasteiger partial charge in [-0.1, -0.05) is 11.3 Å². The van der Waals surface area contributed by atoms with Gasteiger partial charge in [0.1, 0.15) is 0 Å². The summed E-state index contributed by atoms with van der Waals surface area (Å²) in [6.07, 6.45) is 0. The standard InChI is InChI=1S/C5H6F3N3S3/c6-5(7,8)13-2-1-9-3-10-11-4(12)14-3/h1-2H2,(H,9,10)(H,11,12). The minimum atomic E-state index is -4.17. The Hall–Kier alpha value is -0.280. The van der Waals surface area contributed by atoms with E-state index in [1.807, 2.05) is 0 Å². The lowest BCUT2D eigenvalue weighted by Crippen LogP contribution is -2.09. The highest BCUT2D eigenvalue weighted by atomic mass is 32.2. The SMILES string of the molecule is FC(F)(F)SCCNc1n[nH]c(=S)s1. The van der Waals surface area contributed by atoms with Gasteiger partial charge in [-0.05, 0) is 24.0 Å². The molecule has 9 heteroatoms. The van der Waals surface area contributed by atoms with Gasteiger partial charge in [0.25, 0.3) is 0 Å². The molecule has 0 saturated carbocycles. The zero-order valence-corrected chi connectivity index (χ0v) is 9.17. The van der Waals surface area contributed by atoms with E-state index in [1.165, 1.54) is 11.3 Å². The molecule has 0 aliphatic carbocycles. The Labute approximate surface area is 91.1 Å². The van der Waals surface area contributed by atoms with E-state index in [2.05, 4.69) is 15.5 Å². The zero-order chi connectivity index (χ0) is 10.6. The van der Waals surface area contributed by atoms with Crippen LogP contribution in [0, 0.1) is 3.95 Å². The molecule has 0 aliphatic heterocycles. The van der Waals surface area contributed by atoms with Gasteiger partial charge in [-0.15, -0.1) is 5.10 Å². The number of nitrogens with zero attached hydrogens (tertiary/aromatic N) is 1. The number of halogens is 3. The third-order valence-electron chi connectivity index (χ3n) is 1.08. The lowest BCUT2D eigenvalue weighted by atomic mass is 10.7. The maximum Gasteiger partial charge on any atom is 0.441 e. The molecule has 14 heavy (non-hydrogen) atoms. The molecule has 0 aromatic carbocycles. The largest absolute Gasteiger partial charge is 0.441 e. The summed E-state index contributed by atoms with van der Waals surface area (Å²) >= 11 is 5.88.